The lowest BCUT2D eigenvalue weighted by Crippen LogP contribution is -2.51. The summed E-state index contributed by atoms with van der Waals surface area (Å²) in [6.07, 6.45) is 12.9. The highest BCUT2D eigenvalue weighted by Gasteiger charge is 2.64. The summed E-state index contributed by atoms with van der Waals surface area (Å²) in [5, 5.41) is 12.1. The Hall–Kier alpha value is -3.83. The predicted octanol–water partition coefficient (Wildman–Crippen LogP) is 4.60. The molecule has 0 aromatic heterocycles. The van der Waals surface area contributed by atoms with Gasteiger partial charge in [-0.15, -0.1) is 0 Å². The molecule has 270 valence electrons. The third-order valence-electron chi connectivity index (χ3n) is 11.4. The number of aliphatic hydroxyl groups is 1. The third-order valence-corrected chi connectivity index (χ3v) is 11.4. The monoisotopic (exact) mass is 696 g/mol. The van der Waals surface area contributed by atoms with E-state index >= 15 is 0 Å². The quantitative estimate of drug-likeness (QED) is 0.230. The number of benzene rings is 2. The highest BCUT2D eigenvalue weighted by molar-refractivity contribution is 5.97. The van der Waals surface area contributed by atoms with Crippen molar-refractivity contribution in [2.45, 2.75) is 100 Å². The number of rotatable bonds is 13. The maximum Gasteiger partial charge on any atom is 0.338 e. The largest absolute Gasteiger partial charge is 0.456 e. The molecule has 7 atom stereocenters. The van der Waals surface area contributed by atoms with Crippen LogP contribution in [0.1, 0.15) is 72.9 Å². The third kappa shape index (κ3) is 7.42. The minimum atomic E-state index is -0.827. The second-order valence-electron chi connectivity index (χ2n) is 15.2. The van der Waals surface area contributed by atoms with E-state index in [1.54, 1.807) is 13.1 Å². The topological polar surface area (TPSA) is 127 Å². The Morgan fingerprint density at radius 3 is 2.51 bits per heavy atom. The van der Waals surface area contributed by atoms with Crippen LogP contribution < -0.4 is 5.32 Å². The molecule has 10 nitrogen and oxygen atoms in total. The molecule has 4 aliphatic carbocycles. The van der Waals surface area contributed by atoms with Crippen LogP contribution in [0.2, 0.25) is 0 Å². The molecule has 10 heteroatoms. The zero-order valence-corrected chi connectivity index (χ0v) is 29.2. The number of hydrogen-bond donors (Lipinski definition) is 2. The zero-order valence-electron chi connectivity index (χ0n) is 29.2. The number of nitrogens with zero attached hydrogens (tertiary/aromatic N) is 1. The molecule has 2 saturated heterocycles. The van der Waals surface area contributed by atoms with Crippen molar-refractivity contribution in [3.05, 3.63) is 89.0 Å². The number of nitrogens with one attached hydrogen (secondary N) is 1. The lowest BCUT2D eigenvalue weighted by atomic mass is 9.88. The molecule has 0 radical (unpaired) electrons. The van der Waals surface area contributed by atoms with Gasteiger partial charge in [0, 0.05) is 43.8 Å². The Morgan fingerprint density at radius 1 is 1.00 bits per heavy atom. The average molecular weight is 697 g/mol. The standard InChI is InChI=1S/C41H48N2O8/c1-43(32(38(45)42-18-19-44)21-25-6-3-2-4-7-25)39(46)29-23-35(37-36(24-29)50-41(51-37,30-13-14-30)31-15-16-31)49-40(47)28-9-5-8-26(20-28)10-11-27-12-17-33-34(22-27)48-33/h2-11,20,24,27,30-37,44H,12-19,21-23H2,1H3,(H,42,45)/t27?,32-,33?,34?,35-,36-,37+/m1/s1. The van der Waals surface area contributed by atoms with E-state index in [1.807, 2.05) is 54.6 Å². The van der Waals surface area contributed by atoms with E-state index in [2.05, 4.69) is 17.5 Å². The molecule has 8 rings (SSSR count). The van der Waals surface area contributed by atoms with Crippen molar-refractivity contribution in [2.24, 2.45) is 17.8 Å². The summed E-state index contributed by atoms with van der Waals surface area (Å²) < 4.78 is 25.5. The SMILES string of the molecule is CN(C(=O)C1=C[C@H]2OC(C3CC3)(C3CC3)O[C@H]2[C@H](OC(=O)c2cccc(C=CC3CCC4OC4C3)c2)C1)[C@H](Cc1ccccc1)C(=O)NCCO. The molecule has 2 N–H and O–H groups in total. The predicted molar refractivity (Wildman–Crippen MR) is 188 cm³/mol. The molecule has 0 bridgehead atoms. The summed E-state index contributed by atoms with van der Waals surface area (Å²) in [6, 6.07) is 16.1. The normalized spacial score (nSPS) is 29.7. The van der Waals surface area contributed by atoms with Crippen LogP contribution in [0.25, 0.3) is 6.08 Å². The number of esters is 1. The highest BCUT2D eigenvalue weighted by atomic mass is 16.8. The van der Waals surface area contributed by atoms with Crippen molar-refractivity contribution < 1.29 is 38.4 Å². The van der Waals surface area contributed by atoms with E-state index in [0.717, 1.165) is 56.1 Å². The van der Waals surface area contributed by atoms with Gasteiger partial charge in [-0.1, -0.05) is 54.6 Å². The lowest BCUT2D eigenvalue weighted by Gasteiger charge is -2.33. The fraction of sp³-hybridized carbons (Fsp3) is 0.537. The molecular weight excluding hydrogens is 648 g/mol. The average Bonchev–Trinajstić information content (AvgIpc) is 4.02. The fourth-order valence-electron chi connectivity index (χ4n) is 8.30. The summed E-state index contributed by atoms with van der Waals surface area (Å²) in [5.74, 6) is -0.856. The molecule has 3 saturated carbocycles. The number of hydrogen-bond acceptors (Lipinski definition) is 8. The van der Waals surface area contributed by atoms with E-state index in [9.17, 15) is 19.5 Å². The minimum absolute atomic E-state index is 0.0830. The molecule has 2 aromatic rings. The van der Waals surface area contributed by atoms with Gasteiger partial charge in [0.05, 0.1) is 24.4 Å². The highest BCUT2D eigenvalue weighted by Crippen LogP contribution is 2.59. The Kier molecular flexibility index (Phi) is 9.61. The van der Waals surface area contributed by atoms with Crippen molar-refractivity contribution in [3.63, 3.8) is 0 Å². The van der Waals surface area contributed by atoms with Crippen LogP contribution in [0.15, 0.2) is 72.3 Å². The van der Waals surface area contributed by atoms with Crippen LogP contribution in [0.3, 0.4) is 0 Å². The fourth-order valence-corrected chi connectivity index (χ4v) is 8.30. The van der Waals surface area contributed by atoms with Gasteiger partial charge in [0.2, 0.25) is 11.8 Å². The number of carbonyl (C=O) groups excluding carboxylic acids is 3. The number of likely N-dealkylation sites (N-methyl/N-ethyl adjacent to an activating group) is 1. The number of allylic oxidation sites excluding steroid dienone is 1. The molecular formula is C41H48N2O8. The Labute approximate surface area is 299 Å². The number of carbonyl (C=O) groups is 3. The van der Waals surface area contributed by atoms with Gasteiger partial charge in [0.15, 0.2) is 5.79 Å². The van der Waals surface area contributed by atoms with Gasteiger partial charge < -0.3 is 34.3 Å². The molecule has 2 amide bonds. The van der Waals surface area contributed by atoms with Gasteiger partial charge in [-0.05, 0) is 80.2 Å². The van der Waals surface area contributed by atoms with E-state index in [4.69, 9.17) is 18.9 Å². The van der Waals surface area contributed by atoms with Gasteiger partial charge in [0.25, 0.3) is 0 Å². The first kappa shape index (κ1) is 34.3. The summed E-state index contributed by atoms with van der Waals surface area (Å²) in [4.78, 5) is 42.9. The van der Waals surface area contributed by atoms with Gasteiger partial charge in [-0.25, -0.2) is 4.79 Å². The first-order chi connectivity index (χ1) is 24.8. The maximum absolute atomic E-state index is 14.3. The smallest absolute Gasteiger partial charge is 0.338 e. The minimum Gasteiger partial charge on any atom is -0.456 e. The van der Waals surface area contributed by atoms with Gasteiger partial charge in [-0.3, -0.25) is 9.59 Å². The molecule has 3 unspecified atom stereocenters. The number of fused-ring (bicyclic) bond motifs is 2. The van der Waals surface area contributed by atoms with E-state index in [1.165, 1.54) is 4.90 Å². The van der Waals surface area contributed by atoms with Crippen LogP contribution in [0.5, 0.6) is 0 Å². The Morgan fingerprint density at radius 2 is 1.78 bits per heavy atom. The molecule has 51 heavy (non-hydrogen) atoms. The Balaban J connectivity index is 1.02. The second-order valence-corrected chi connectivity index (χ2v) is 15.2. The van der Waals surface area contributed by atoms with Gasteiger partial charge in [0.1, 0.15) is 24.4 Å². The summed E-state index contributed by atoms with van der Waals surface area (Å²) in [5.41, 5.74) is 2.67. The number of ether oxygens (including phenoxy) is 4. The van der Waals surface area contributed by atoms with Crippen LogP contribution in [-0.4, -0.2) is 90.3 Å². The summed E-state index contributed by atoms with van der Waals surface area (Å²) in [6.45, 7) is -0.126. The van der Waals surface area contributed by atoms with Crippen LogP contribution in [-0.2, 0) is 35.0 Å². The number of amides is 2. The Bertz CT molecular complexity index is 1670. The van der Waals surface area contributed by atoms with Gasteiger partial charge >= 0.3 is 5.97 Å². The first-order valence-electron chi connectivity index (χ1n) is 18.7. The van der Waals surface area contributed by atoms with Gasteiger partial charge in [-0.2, -0.15) is 0 Å². The van der Waals surface area contributed by atoms with Crippen molar-refractivity contribution >= 4 is 23.9 Å². The molecule has 2 aliphatic heterocycles. The van der Waals surface area contributed by atoms with Crippen molar-refractivity contribution in [3.8, 4) is 0 Å². The van der Waals surface area contributed by atoms with Crippen LogP contribution in [0.4, 0.5) is 0 Å². The van der Waals surface area contributed by atoms with Crippen LogP contribution in [0, 0.1) is 17.8 Å². The molecule has 2 aromatic carbocycles. The number of aliphatic hydroxyl groups excluding tert-OH is 1. The first-order valence-corrected chi connectivity index (χ1v) is 18.7. The summed E-state index contributed by atoms with van der Waals surface area (Å²) in [7, 11) is 1.62. The number of epoxide rings is 1. The van der Waals surface area contributed by atoms with E-state index in [-0.39, 0.29) is 43.2 Å². The van der Waals surface area contributed by atoms with Crippen molar-refractivity contribution in [1.82, 2.24) is 10.2 Å². The maximum atomic E-state index is 14.3. The van der Waals surface area contributed by atoms with E-state index < -0.39 is 36.1 Å². The molecule has 5 fully saturated rings. The molecule has 2 heterocycles. The molecule has 0 spiro atoms. The van der Waals surface area contributed by atoms with Crippen molar-refractivity contribution in [2.75, 3.05) is 20.2 Å². The zero-order chi connectivity index (χ0) is 35.1. The second kappa shape index (κ2) is 14.3. The van der Waals surface area contributed by atoms with Crippen LogP contribution >= 0.6 is 0 Å². The van der Waals surface area contributed by atoms with Crippen molar-refractivity contribution in [1.29, 1.82) is 0 Å². The van der Waals surface area contributed by atoms with E-state index in [0.29, 0.717) is 35.7 Å². The molecule has 6 aliphatic rings. The lowest BCUT2D eigenvalue weighted by molar-refractivity contribution is -0.209. The summed E-state index contributed by atoms with van der Waals surface area (Å²) >= 11 is 0.